The van der Waals surface area contributed by atoms with Gasteiger partial charge in [-0.1, -0.05) is 12.1 Å². The molecule has 0 unspecified atom stereocenters. The molecular formula is C9H6Cl2N4O. The number of phenolic OH excluding ortho intramolecular Hbond substituents is 1. The van der Waals surface area contributed by atoms with E-state index < -0.39 is 0 Å². The van der Waals surface area contributed by atoms with Gasteiger partial charge in [-0.25, -0.2) is 0 Å². The molecule has 16 heavy (non-hydrogen) atoms. The molecule has 5 nitrogen and oxygen atoms in total. The van der Waals surface area contributed by atoms with Gasteiger partial charge in [0.2, 0.25) is 16.5 Å². The van der Waals surface area contributed by atoms with Crippen molar-refractivity contribution in [2.75, 3.05) is 5.32 Å². The van der Waals surface area contributed by atoms with Gasteiger partial charge in [0.05, 0.1) is 5.69 Å². The number of anilines is 2. The molecule has 7 heteroatoms. The number of para-hydroxylation sites is 2. The number of aromatic hydroxyl groups is 1. The van der Waals surface area contributed by atoms with E-state index in [4.69, 9.17) is 23.2 Å². The second kappa shape index (κ2) is 4.51. The highest BCUT2D eigenvalue weighted by Crippen LogP contribution is 2.24. The minimum absolute atomic E-state index is 0.0158. The van der Waals surface area contributed by atoms with Crippen LogP contribution in [0.25, 0.3) is 0 Å². The summed E-state index contributed by atoms with van der Waals surface area (Å²) in [5.74, 6) is 0.252. The van der Waals surface area contributed by atoms with E-state index in [1.165, 1.54) is 6.07 Å². The van der Waals surface area contributed by atoms with Crippen LogP contribution >= 0.6 is 23.2 Å². The van der Waals surface area contributed by atoms with Crippen molar-refractivity contribution in [3.63, 3.8) is 0 Å². The lowest BCUT2D eigenvalue weighted by Gasteiger charge is -2.06. The number of benzene rings is 1. The molecule has 0 bridgehead atoms. The lowest BCUT2D eigenvalue weighted by molar-refractivity contribution is 0.477. The number of hydrogen-bond donors (Lipinski definition) is 2. The molecule has 0 aliphatic carbocycles. The van der Waals surface area contributed by atoms with Crippen LogP contribution < -0.4 is 5.32 Å². The highest BCUT2D eigenvalue weighted by Gasteiger charge is 2.05. The molecular weight excluding hydrogens is 251 g/mol. The fourth-order valence-electron chi connectivity index (χ4n) is 1.08. The Labute approximate surface area is 101 Å². The number of nitrogens with one attached hydrogen (secondary N) is 1. The lowest BCUT2D eigenvalue weighted by atomic mass is 10.3. The summed E-state index contributed by atoms with van der Waals surface area (Å²) in [5.41, 5.74) is 0.459. The zero-order valence-electron chi connectivity index (χ0n) is 7.85. The molecule has 0 aliphatic heterocycles. The minimum Gasteiger partial charge on any atom is -0.506 e. The quantitative estimate of drug-likeness (QED) is 0.809. The van der Waals surface area contributed by atoms with Crippen LogP contribution in [0, 0.1) is 0 Å². The van der Waals surface area contributed by atoms with Crippen molar-refractivity contribution >= 4 is 34.8 Å². The highest BCUT2D eigenvalue weighted by atomic mass is 35.5. The van der Waals surface area contributed by atoms with Crippen LogP contribution in [0.1, 0.15) is 0 Å². The van der Waals surface area contributed by atoms with Gasteiger partial charge in [0.15, 0.2) is 0 Å². The van der Waals surface area contributed by atoms with Crippen LogP contribution in [0.4, 0.5) is 11.6 Å². The molecule has 1 aromatic carbocycles. The van der Waals surface area contributed by atoms with Gasteiger partial charge in [-0.2, -0.15) is 15.0 Å². The molecule has 0 saturated carbocycles. The summed E-state index contributed by atoms with van der Waals surface area (Å²) in [7, 11) is 0. The van der Waals surface area contributed by atoms with Crippen molar-refractivity contribution in [1.82, 2.24) is 15.0 Å². The van der Waals surface area contributed by atoms with Crippen molar-refractivity contribution in [3.8, 4) is 5.75 Å². The molecule has 1 aromatic heterocycles. The zero-order valence-corrected chi connectivity index (χ0v) is 9.37. The third-order valence-corrected chi connectivity index (χ3v) is 2.07. The van der Waals surface area contributed by atoms with Crippen LogP contribution in [0.15, 0.2) is 24.3 Å². The summed E-state index contributed by atoms with van der Waals surface area (Å²) >= 11 is 11.2. The molecule has 0 aliphatic rings. The van der Waals surface area contributed by atoms with E-state index in [1.54, 1.807) is 18.2 Å². The third kappa shape index (κ3) is 2.50. The summed E-state index contributed by atoms with van der Waals surface area (Å²) in [6, 6.07) is 6.66. The molecule has 0 radical (unpaired) electrons. The first-order valence-corrected chi connectivity index (χ1v) is 5.03. The summed E-state index contributed by atoms with van der Waals surface area (Å²) in [5, 5.41) is 12.3. The fourth-order valence-corrected chi connectivity index (χ4v) is 1.45. The summed E-state index contributed by atoms with van der Waals surface area (Å²) < 4.78 is 0. The Morgan fingerprint density at radius 3 is 2.25 bits per heavy atom. The number of hydrogen-bond acceptors (Lipinski definition) is 5. The standard InChI is InChI=1S/C9H6Cl2N4O/c10-7-13-8(11)15-9(14-7)12-5-3-1-2-4-6(5)16/h1-4,16H,(H,12,13,14,15). The Balaban J connectivity index is 2.30. The Morgan fingerprint density at radius 1 is 1.00 bits per heavy atom. The van der Waals surface area contributed by atoms with Crippen LogP contribution in [0.3, 0.4) is 0 Å². The van der Waals surface area contributed by atoms with Gasteiger partial charge in [-0.3, -0.25) is 0 Å². The maximum atomic E-state index is 9.51. The van der Waals surface area contributed by atoms with Gasteiger partial charge in [-0.05, 0) is 35.3 Å². The van der Waals surface area contributed by atoms with Gasteiger partial charge in [0.1, 0.15) is 5.75 Å². The van der Waals surface area contributed by atoms with E-state index in [-0.39, 0.29) is 22.3 Å². The third-order valence-electron chi connectivity index (χ3n) is 1.73. The number of phenols is 1. The molecule has 0 spiro atoms. The van der Waals surface area contributed by atoms with Crippen molar-refractivity contribution in [2.24, 2.45) is 0 Å². The minimum atomic E-state index is -0.0158. The van der Waals surface area contributed by atoms with E-state index in [0.29, 0.717) is 5.69 Å². The largest absolute Gasteiger partial charge is 0.506 e. The first-order chi connectivity index (χ1) is 7.65. The summed E-state index contributed by atoms with van der Waals surface area (Å²) in [6.07, 6.45) is 0. The second-order valence-electron chi connectivity index (χ2n) is 2.84. The Bertz CT molecular complexity index is 500. The first kappa shape index (κ1) is 10.9. The van der Waals surface area contributed by atoms with E-state index >= 15 is 0 Å². The lowest BCUT2D eigenvalue weighted by Crippen LogP contribution is -1.99. The maximum Gasteiger partial charge on any atom is 0.232 e. The van der Waals surface area contributed by atoms with E-state index in [1.807, 2.05) is 0 Å². The summed E-state index contributed by atoms with van der Waals surface area (Å²) in [4.78, 5) is 11.2. The monoisotopic (exact) mass is 256 g/mol. The SMILES string of the molecule is Oc1ccccc1Nc1nc(Cl)nc(Cl)n1. The molecule has 82 valence electrons. The van der Waals surface area contributed by atoms with Gasteiger partial charge in [0.25, 0.3) is 0 Å². The van der Waals surface area contributed by atoms with Gasteiger partial charge in [0, 0.05) is 0 Å². The molecule has 2 rings (SSSR count). The molecule has 0 fully saturated rings. The topological polar surface area (TPSA) is 70.9 Å². The van der Waals surface area contributed by atoms with E-state index in [0.717, 1.165) is 0 Å². The molecule has 2 aromatic rings. The Morgan fingerprint density at radius 2 is 1.62 bits per heavy atom. The van der Waals surface area contributed by atoms with Crippen LogP contribution in [0.2, 0.25) is 10.6 Å². The van der Waals surface area contributed by atoms with E-state index in [9.17, 15) is 5.11 Å². The average Bonchev–Trinajstić information content (AvgIpc) is 2.20. The Kier molecular flexibility index (Phi) is 3.07. The van der Waals surface area contributed by atoms with Crippen molar-refractivity contribution in [2.45, 2.75) is 0 Å². The number of rotatable bonds is 2. The highest BCUT2D eigenvalue weighted by molar-refractivity contribution is 6.31. The summed E-state index contributed by atoms with van der Waals surface area (Å²) in [6.45, 7) is 0. The second-order valence-corrected chi connectivity index (χ2v) is 3.52. The van der Waals surface area contributed by atoms with Crippen molar-refractivity contribution in [3.05, 3.63) is 34.8 Å². The predicted octanol–water partition coefficient (Wildman–Crippen LogP) is 2.63. The molecule has 2 N–H and O–H groups in total. The van der Waals surface area contributed by atoms with Gasteiger partial charge in [-0.15, -0.1) is 0 Å². The molecule has 0 saturated heterocycles. The van der Waals surface area contributed by atoms with Gasteiger partial charge < -0.3 is 10.4 Å². The van der Waals surface area contributed by atoms with Crippen LogP contribution in [0.5, 0.6) is 5.75 Å². The molecule has 1 heterocycles. The molecule has 0 amide bonds. The predicted molar refractivity (Wildman–Crippen MR) is 61.2 cm³/mol. The maximum absolute atomic E-state index is 9.51. The van der Waals surface area contributed by atoms with Crippen LogP contribution in [-0.2, 0) is 0 Å². The van der Waals surface area contributed by atoms with E-state index in [2.05, 4.69) is 20.3 Å². The zero-order chi connectivity index (χ0) is 11.5. The fraction of sp³-hybridized carbons (Fsp3) is 0. The van der Waals surface area contributed by atoms with Crippen molar-refractivity contribution < 1.29 is 5.11 Å². The van der Waals surface area contributed by atoms with Gasteiger partial charge >= 0.3 is 0 Å². The smallest absolute Gasteiger partial charge is 0.232 e. The Hall–Kier alpha value is -1.59. The first-order valence-electron chi connectivity index (χ1n) is 4.27. The average molecular weight is 257 g/mol. The number of aromatic nitrogens is 3. The van der Waals surface area contributed by atoms with Crippen molar-refractivity contribution in [1.29, 1.82) is 0 Å². The number of nitrogens with zero attached hydrogens (tertiary/aromatic N) is 3. The van der Waals surface area contributed by atoms with Crippen LogP contribution in [-0.4, -0.2) is 20.1 Å². The normalized spacial score (nSPS) is 10.1. The number of halogens is 2. The molecule has 0 atom stereocenters.